The van der Waals surface area contributed by atoms with Crippen molar-refractivity contribution >= 4 is 36.9 Å². The van der Waals surface area contributed by atoms with E-state index in [9.17, 15) is 0 Å². The third kappa shape index (κ3) is 8.82. The van der Waals surface area contributed by atoms with E-state index < -0.39 is 0 Å². The Morgan fingerprint density at radius 2 is 1.00 bits per heavy atom. The molecular formula is H4CdCuGaSe. The van der Waals surface area contributed by atoms with Crippen LogP contribution < -0.4 is 0 Å². The molecule has 0 nitrogen and oxygen atoms in total. The average molecular weight is 329 g/mol. The van der Waals surface area contributed by atoms with Gasteiger partial charge in [-0.3, -0.25) is 0 Å². The van der Waals surface area contributed by atoms with Crippen molar-refractivity contribution in [3.63, 3.8) is 0 Å². The summed E-state index contributed by atoms with van der Waals surface area (Å²) in [6.45, 7) is 0. The van der Waals surface area contributed by atoms with E-state index in [1.165, 1.54) is 0 Å². The molecule has 0 aliphatic carbocycles. The summed E-state index contributed by atoms with van der Waals surface area (Å²) < 4.78 is 0. The van der Waals surface area contributed by atoms with Crippen LogP contribution >= 0.6 is 0 Å². The summed E-state index contributed by atoms with van der Waals surface area (Å²) in [7, 11) is 0. The van der Waals surface area contributed by atoms with E-state index in [0.717, 1.165) is 0 Å². The zero-order valence-electron chi connectivity index (χ0n) is 1.46. The molecule has 0 heterocycles. The monoisotopic (exact) mass is 330 g/mol. The van der Waals surface area contributed by atoms with Crippen molar-refractivity contribution < 1.29 is 44.4 Å². The molecule has 4 heavy (non-hydrogen) atoms. The molecule has 0 unspecified atom stereocenters. The molecule has 0 aromatic heterocycles. The first-order chi connectivity index (χ1) is 0. The van der Waals surface area contributed by atoms with Gasteiger partial charge in [-0.1, -0.05) is 0 Å². The Morgan fingerprint density at radius 1 is 1.00 bits per heavy atom. The van der Waals surface area contributed by atoms with Gasteiger partial charge in [-0.2, -0.15) is 0 Å². The Morgan fingerprint density at radius 3 is 1.00 bits per heavy atom. The summed E-state index contributed by atoms with van der Waals surface area (Å²) in [4.78, 5) is 0. The van der Waals surface area contributed by atoms with Crippen molar-refractivity contribution in [3.05, 3.63) is 0 Å². The summed E-state index contributed by atoms with van der Waals surface area (Å²) in [6.07, 6.45) is 0. The minimum absolute atomic E-state index is 0. The second-order valence-corrected chi connectivity index (χ2v) is 0. The fourth-order valence-corrected chi connectivity index (χ4v) is 0. The van der Waals surface area contributed by atoms with Gasteiger partial charge in [0.2, 0.25) is 0 Å². The molecular weight excluding hydrogens is 325 g/mol. The van der Waals surface area contributed by atoms with E-state index >= 15 is 0 Å². The Hall–Kier alpha value is 2.60. The van der Waals surface area contributed by atoms with Crippen LogP contribution in [0.2, 0.25) is 0 Å². The van der Waals surface area contributed by atoms with Gasteiger partial charge in [-0.05, 0) is 0 Å². The fraction of sp³-hybridized carbons (Fsp3) is 0. The van der Waals surface area contributed by atoms with Crippen LogP contribution in [0.1, 0.15) is 0 Å². The van der Waals surface area contributed by atoms with E-state index in [0.29, 0.717) is 0 Å². The van der Waals surface area contributed by atoms with E-state index in [1.807, 2.05) is 0 Å². The SMILES string of the molecule is [Cd].[Cu].[GaH3].[SeH]. The topological polar surface area (TPSA) is 0 Å². The third-order valence-electron chi connectivity index (χ3n) is 0. The van der Waals surface area contributed by atoms with Crippen LogP contribution in [0.25, 0.3) is 0 Å². The van der Waals surface area contributed by atoms with Crippen molar-refractivity contribution in [2.75, 3.05) is 0 Å². The molecule has 0 atom stereocenters. The molecule has 0 aliphatic heterocycles. The molecule has 2 radical (unpaired) electrons. The van der Waals surface area contributed by atoms with Gasteiger partial charge in [0.25, 0.3) is 0 Å². The maximum atomic E-state index is 0. The Balaban J connectivity index is 0. The molecule has 0 aromatic rings. The van der Waals surface area contributed by atoms with E-state index in [1.54, 1.807) is 0 Å². The zero-order chi connectivity index (χ0) is 0. The summed E-state index contributed by atoms with van der Waals surface area (Å²) in [5.74, 6) is 0. The summed E-state index contributed by atoms with van der Waals surface area (Å²) in [5, 5.41) is 0. The van der Waals surface area contributed by atoms with Crippen LogP contribution in [0, 0.1) is 0 Å². The van der Waals surface area contributed by atoms with Gasteiger partial charge in [-0.25, -0.2) is 0 Å². The van der Waals surface area contributed by atoms with Gasteiger partial charge in [0, 0.05) is 44.4 Å². The zero-order valence-corrected chi connectivity index (χ0v) is 8.31. The summed E-state index contributed by atoms with van der Waals surface area (Å²) in [6, 6.07) is 0. The van der Waals surface area contributed by atoms with Gasteiger partial charge in [0.15, 0.2) is 0 Å². The normalized spacial score (nSPS) is 0. The minimum atomic E-state index is 0. The van der Waals surface area contributed by atoms with Crippen LogP contribution in [0.15, 0.2) is 0 Å². The average Bonchev–Trinajstić information content (AvgIpc) is 0. The molecule has 4 heteroatoms. The van der Waals surface area contributed by atoms with Crippen molar-refractivity contribution in [2.24, 2.45) is 0 Å². The predicted octanol–water partition coefficient (Wildman–Crippen LogP) is -1.84. The number of rotatable bonds is 0. The van der Waals surface area contributed by atoms with Crippen LogP contribution in [-0.2, 0) is 44.4 Å². The van der Waals surface area contributed by atoms with Gasteiger partial charge in [0.05, 0.1) is 0 Å². The van der Waals surface area contributed by atoms with Gasteiger partial charge in [0.1, 0.15) is 0 Å². The van der Waals surface area contributed by atoms with Crippen molar-refractivity contribution in [1.29, 1.82) is 0 Å². The van der Waals surface area contributed by atoms with Gasteiger partial charge in [-0.15, -0.1) is 0 Å². The first kappa shape index (κ1) is 30.6. The quantitative estimate of drug-likeness (QED) is 0.459. The van der Waals surface area contributed by atoms with Crippen molar-refractivity contribution in [3.8, 4) is 0 Å². The molecule has 0 N–H and O–H groups in total. The van der Waals surface area contributed by atoms with E-state index in [4.69, 9.17) is 0 Å². The second-order valence-electron chi connectivity index (χ2n) is 0. The molecule has 0 bridgehead atoms. The standard InChI is InChI=1S/Cd.Cu.Ga.HSe.3H/h;;;1H;;;. The van der Waals surface area contributed by atoms with Crippen LogP contribution in [-0.4, -0.2) is 36.9 Å². The molecule has 0 amide bonds. The van der Waals surface area contributed by atoms with Crippen molar-refractivity contribution in [1.82, 2.24) is 0 Å². The fourth-order valence-electron chi connectivity index (χ4n) is 0. The summed E-state index contributed by atoms with van der Waals surface area (Å²) >= 11 is 0. The maximum absolute atomic E-state index is 0. The number of hydrogen-bond donors (Lipinski definition) is 0. The molecule has 0 spiro atoms. The Bertz CT molecular complexity index is 8.00. The summed E-state index contributed by atoms with van der Waals surface area (Å²) in [5.41, 5.74) is 0. The van der Waals surface area contributed by atoms with Gasteiger partial charge < -0.3 is 0 Å². The first-order valence-electron chi connectivity index (χ1n) is 0. The predicted molar refractivity (Wildman–Crippen MR) is 17.1 cm³/mol. The molecule has 0 saturated heterocycles. The number of hydrogen-bond acceptors (Lipinski definition) is 0. The molecule has 0 aromatic carbocycles. The molecule has 0 fully saturated rings. The molecule has 0 aliphatic rings. The Kier molecular flexibility index (Phi) is 134. The third-order valence-corrected chi connectivity index (χ3v) is 0. The van der Waals surface area contributed by atoms with E-state index in [-0.39, 0.29) is 81.2 Å². The Labute approximate surface area is 80.0 Å². The molecule has 0 saturated carbocycles. The van der Waals surface area contributed by atoms with Crippen molar-refractivity contribution in [2.45, 2.75) is 0 Å². The second kappa shape index (κ2) is 17.5. The van der Waals surface area contributed by atoms with Crippen LogP contribution in [0.4, 0.5) is 0 Å². The first-order valence-corrected chi connectivity index (χ1v) is 0. The molecule has 26 valence electrons. The van der Waals surface area contributed by atoms with Crippen LogP contribution in [0.5, 0.6) is 0 Å². The molecule has 0 rings (SSSR count). The van der Waals surface area contributed by atoms with E-state index in [2.05, 4.69) is 0 Å². The van der Waals surface area contributed by atoms with Crippen LogP contribution in [0.3, 0.4) is 0 Å². The van der Waals surface area contributed by atoms with Gasteiger partial charge >= 0.3 is 36.9 Å².